The number of rotatable bonds is 7. The summed E-state index contributed by atoms with van der Waals surface area (Å²) in [5.41, 5.74) is 0.457. The molecule has 0 radical (unpaired) electrons. The predicted molar refractivity (Wildman–Crippen MR) is 98.2 cm³/mol. The molecule has 0 aromatic rings. The summed E-state index contributed by atoms with van der Waals surface area (Å²) >= 11 is 1.96. The van der Waals surface area contributed by atoms with Crippen molar-refractivity contribution in [3.63, 3.8) is 0 Å². The molecule has 1 N–H and O–H groups in total. The minimum atomic E-state index is 0.457. The minimum Gasteiger partial charge on any atom is -0.314 e. The Balaban J connectivity index is 2.66. The Morgan fingerprint density at radius 3 is 2.48 bits per heavy atom. The summed E-state index contributed by atoms with van der Waals surface area (Å²) in [6, 6.07) is 1.40. The van der Waals surface area contributed by atoms with Crippen molar-refractivity contribution in [1.29, 1.82) is 0 Å². The van der Waals surface area contributed by atoms with Gasteiger partial charge in [-0.2, -0.15) is 11.8 Å². The first-order valence-corrected chi connectivity index (χ1v) is 10.1. The maximum atomic E-state index is 3.75. The molecular weight excluding hydrogens is 276 g/mol. The fraction of sp³-hybridized carbons (Fsp3) is 1.00. The highest BCUT2D eigenvalue weighted by atomic mass is 32.2. The molecule has 4 atom stereocenters. The SMILES string of the molecule is CCNC1CCC(C(C)(C)C)CC1CN(C)C(C)CSC. The molecule has 0 aromatic carbocycles. The van der Waals surface area contributed by atoms with E-state index >= 15 is 0 Å². The van der Waals surface area contributed by atoms with E-state index in [0.29, 0.717) is 11.5 Å². The lowest BCUT2D eigenvalue weighted by molar-refractivity contribution is 0.0878. The molecular formula is C18H38N2S. The van der Waals surface area contributed by atoms with E-state index in [-0.39, 0.29) is 0 Å². The lowest BCUT2D eigenvalue weighted by Crippen LogP contribution is -2.48. The second kappa shape index (κ2) is 8.79. The highest BCUT2D eigenvalue weighted by Gasteiger charge is 2.36. The number of thioether (sulfide) groups is 1. The molecule has 1 rings (SSSR count). The summed E-state index contributed by atoms with van der Waals surface area (Å²) < 4.78 is 0. The normalized spacial score (nSPS) is 28.9. The first-order chi connectivity index (χ1) is 9.79. The molecule has 0 amide bonds. The molecule has 4 unspecified atom stereocenters. The van der Waals surface area contributed by atoms with Gasteiger partial charge in [-0.1, -0.05) is 27.7 Å². The third-order valence-electron chi connectivity index (χ3n) is 5.36. The summed E-state index contributed by atoms with van der Waals surface area (Å²) in [7, 11) is 2.31. The van der Waals surface area contributed by atoms with Gasteiger partial charge in [0, 0.05) is 24.4 Å². The van der Waals surface area contributed by atoms with Crippen molar-refractivity contribution < 1.29 is 0 Å². The van der Waals surface area contributed by atoms with Crippen LogP contribution in [-0.2, 0) is 0 Å². The van der Waals surface area contributed by atoms with Gasteiger partial charge in [0.2, 0.25) is 0 Å². The van der Waals surface area contributed by atoms with Crippen molar-refractivity contribution >= 4 is 11.8 Å². The zero-order valence-electron chi connectivity index (χ0n) is 15.4. The van der Waals surface area contributed by atoms with Crippen molar-refractivity contribution in [2.45, 2.75) is 66.0 Å². The van der Waals surface area contributed by atoms with Gasteiger partial charge < -0.3 is 10.2 Å². The zero-order chi connectivity index (χ0) is 16.0. The first kappa shape index (κ1) is 19.3. The first-order valence-electron chi connectivity index (χ1n) is 8.72. The fourth-order valence-corrected chi connectivity index (χ4v) is 4.44. The van der Waals surface area contributed by atoms with Crippen LogP contribution in [0.3, 0.4) is 0 Å². The Morgan fingerprint density at radius 1 is 1.29 bits per heavy atom. The Hall–Kier alpha value is 0.270. The molecule has 0 saturated heterocycles. The van der Waals surface area contributed by atoms with Gasteiger partial charge in [0.15, 0.2) is 0 Å². The van der Waals surface area contributed by atoms with Crippen molar-refractivity contribution in [2.24, 2.45) is 17.3 Å². The quantitative estimate of drug-likeness (QED) is 0.761. The molecule has 0 heterocycles. The molecule has 0 aliphatic heterocycles. The van der Waals surface area contributed by atoms with Crippen LogP contribution in [0.2, 0.25) is 0 Å². The molecule has 1 aliphatic rings. The maximum Gasteiger partial charge on any atom is 0.0155 e. The van der Waals surface area contributed by atoms with Crippen molar-refractivity contribution in [3.05, 3.63) is 0 Å². The highest BCUT2D eigenvalue weighted by molar-refractivity contribution is 7.98. The zero-order valence-corrected chi connectivity index (χ0v) is 16.2. The monoisotopic (exact) mass is 314 g/mol. The van der Waals surface area contributed by atoms with Gasteiger partial charge in [0.25, 0.3) is 0 Å². The topological polar surface area (TPSA) is 15.3 Å². The van der Waals surface area contributed by atoms with Crippen molar-refractivity contribution in [3.8, 4) is 0 Å². The van der Waals surface area contributed by atoms with Crippen LogP contribution in [0.15, 0.2) is 0 Å². The Morgan fingerprint density at radius 2 is 1.95 bits per heavy atom. The molecule has 21 heavy (non-hydrogen) atoms. The number of hydrogen-bond acceptors (Lipinski definition) is 3. The van der Waals surface area contributed by atoms with E-state index in [4.69, 9.17) is 0 Å². The Bertz CT molecular complexity index is 287. The van der Waals surface area contributed by atoms with Crippen molar-refractivity contribution in [2.75, 3.05) is 32.1 Å². The average Bonchev–Trinajstić information content (AvgIpc) is 2.40. The van der Waals surface area contributed by atoms with Crippen LogP contribution in [-0.4, -0.2) is 49.1 Å². The van der Waals surface area contributed by atoms with Crippen LogP contribution in [0.25, 0.3) is 0 Å². The lowest BCUT2D eigenvalue weighted by atomic mass is 9.67. The molecule has 0 spiro atoms. The van der Waals surface area contributed by atoms with E-state index in [1.54, 1.807) is 0 Å². The van der Waals surface area contributed by atoms with Gasteiger partial charge in [0.05, 0.1) is 0 Å². The number of hydrogen-bond donors (Lipinski definition) is 1. The van der Waals surface area contributed by atoms with Gasteiger partial charge in [-0.05, 0) is 63.3 Å². The summed E-state index contributed by atoms with van der Waals surface area (Å²) in [5, 5.41) is 3.75. The van der Waals surface area contributed by atoms with Gasteiger partial charge in [-0.25, -0.2) is 0 Å². The van der Waals surface area contributed by atoms with E-state index in [1.165, 1.54) is 31.6 Å². The third-order valence-corrected chi connectivity index (χ3v) is 6.17. The molecule has 1 aliphatic carbocycles. The van der Waals surface area contributed by atoms with Gasteiger partial charge >= 0.3 is 0 Å². The second-order valence-corrected chi connectivity index (χ2v) is 8.95. The summed E-state index contributed by atoms with van der Waals surface area (Å²) in [6.45, 7) is 14.2. The fourth-order valence-electron chi connectivity index (χ4n) is 3.70. The molecule has 126 valence electrons. The Labute approximate surface area is 137 Å². The van der Waals surface area contributed by atoms with Crippen LogP contribution < -0.4 is 5.32 Å². The highest BCUT2D eigenvalue weighted by Crippen LogP contribution is 2.40. The van der Waals surface area contributed by atoms with Gasteiger partial charge in [-0.3, -0.25) is 0 Å². The van der Waals surface area contributed by atoms with E-state index in [2.05, 4.69) is 58.1 Å². The van der Waals surface area contributed by atoms with E-state index < -0.39 is 0 Å². The van der Waals surface area contributed by atoms with Gasteiger partial charge in [0.1, 0.15) is 0 Å². The van der Waals surface area contributed by atoms with E-state index in [9.17, 15) is 0 Å². The number of nitrogens with one attached hydrogen (secondary N) is 1. The smallest absolute Gasteiger partial charge is 0.0155 e. The van der Waals surface area contributed by atoms with Crippen LogP contribution >= 0.6 is 11.8 Å². The predicted octanol–water partition coefficient (Wildman–Crippen LogP) is 4.11. The van der Waals surface area contributed by atoms with Crippen LogP contribution in [0.1, 0.15) is 53.9 Å². The molecule has 0 bridgehead atoms. The second-order valence-electron chi connectivity index (χ2n) is 8.04. The van der Waals surface area contributed by atoms with E-state index in [1.807, 2.05) is 11.8 Å². The lowest BCUT2D eigenvalue weighted by Gasteiger charge is -2.44. The number of nitrogens with zero attached hydrogens (tertiary/aromatic N) is 1. The summed E-state index contributed by atoms with van der Waals surface area (Å²) in [5.74, 6) is 2.91. The van der Waals surface area contributed by atoms with Gasteiger partial charge in [-0.15, -0.1) is 0 Å². The molecule has 1 saturated carbocycles. The maximum absolute atomic E-state index is 3.75. The summed E-state index contributed by atoms with van der Waals surface area (Å²) in [6.07, 6.45) is 6.34. The van der Waals surface area contributed by atoms with Crippen molar-refractivity contribution in [1.82, 2.24) is 10.2 Å². The standard InChI is InChI=1S/C18H38N2S/c1-8-19-17-10-9-16(18(3,4)5)11-15(17)12-20(6)14(2)13-21-7/h14-17,19H,8-13H2,1-7H3. The molecule has 0 aromatic heterocycles. The third kappa shape index (κ3) is 6.11. The van der Waals surface area contributed by atoms with Crippen LogP contribution in [0, 0.1) is 17.3 Å². The summed E-state index contributed by atoms with van der Waals surface area (Å²) in [4.78, 5) is 2.58. The van der Waals surface area contributed by atoms with Crippen LogP contribution in [0.5, 0.6) is 0 Å². The average molecular weight is 315 g/mol. The molecule has 2 nitrogen and oxygen atoms in total. The Kier molecular flexibility index (Phi) is 8.08. The van der Waals surface area contributed by atoms with Crippen LogP contribution in [0.4, 0.5) is 0 Å². The minimum absolute atomic E-state index is 0.457. The molecule has 1 fully saturated rings. The molecule has 3 heteroatoms. The largest absolute Gasteiger partial charge is 0.314 e. The van der Waals surface area contributed by atoms with E-state index in [0.717, 1.165) is 24.4 Å².